The predicted molar refractivity (Wildman–Crippen MR) is 91.7 cm³/mol. The summed E-state index contributed by atoms with van der Waals surface area (Å²) in [5, 5.41) is 4.96. The first kappa shape index (κ1) is 17.0. The summed E-state index contributed by atoms with van der Waals surface area (Å²) in [6, 6.07) is 13.9. The summed E-state index contributed by atoms with van der Waals surface area (Å²) in [7, 11) is 1.61. The second kappa shape index (κ2) is 8.33. The maximum Gasteiger partial charge on any atom is 0.321 e. The van der Waals surface area contributed by atoms with Gasteiger partial charge in [-0.05, 0) is 48.4 Å². The number of nitrogens with one attached hydrogen (secondary N) is 2. The maximum absolute atomic E-state index is 11.9. The van der Waals surface area contributed by atoms with Gasteiger partial charge >= 0.3 is 6.03 Å². The molecule has 0 heterocycles. The number of hydrogen-bond donors (Lipinski definition) is 2. The van der Waals surface area contributed by atoms with Gasteiger partial charge in [0.1, 0.15) is 5.75 Å². The van der Waals surface area contributed by atoms with E-state index in [-0.39, 0.29) is 0 Å². The van der Waals surface area contributed by atoms with Crippen LogP contribution in [0.3, 0.4) is 0 Å². The van der Waals surface area contributed by atoms with Gasteiger partial charge in [0.05, 0.1) is 7.11 Å². The van der Waals surface area contributed by atoms with Crippen molar-refractivity contribution in [3.63, 3.8) is 0 Å². The highest BCUT2D eigenvalue weighted by Gasteiger charge is 2.09. The van der Waals surface area contributed by atoms with Gasteiger partial charge in [0.15, 0.2) is 0 Å². The largest absolute Gasteiger partial charge is 0.497 e. The van der Waals surface area contributed by atoms with Gasteiger partial charge in [0, 0.05) is 16.6 Å². The third-order valence-electron chi connectivity index (χ3n) is 3.19. The Hall–Kier alpha value is -2.34. The number of methoxy groups -OCH3 is 1. The quantitative estimate of drug-likeness (QED) is 0.841. The zero-order valence-electron chi connectivity index (χ0n) is 12.6. The van der Waals surface area contributed by atoms with E-state index in [9.17, 15) is 9.59 Å². The minimum atomic E-state index is -0.508. The molecule has 2 aromatic carbocycles. The molecule has 0 spiro atoms. The van der Waals surface area contributed by atoms with E-state index in [1.807, 2.05) is 24.3 Å². The molecule has 0 aliphatic carbocycles. The van der Waals surface area contributed by atoms with Crippen LogP contribution in [0.4, 0.5) is 4.79 Å². The van der Waals surface area contributed by atoms with Gasteiger partial charge in [-0.1, -0.05) is 28.1 Å². The lowest BCUT2D eigenvalue weighted by Crippen LogP contribution is -2.40. The molecule has 3 amide bonds. The van der Waals surface area contributed by atoms with E-state index in [4.69, 9.17) is 4.74 Å². The lowest BCUT2D eigenvalue weighted by molar-refractivity contribution is 0.0964. The molecule has 0 unspecified atom stereocenters. The molecule has 2 N–H and O–H groups in total. The van der Waals surface area contributed by atoms with Gasteiger partial charge in [0.25, 0.3) is 5.91 Å². The van der Waals surface area contributed by atoms with Crippen molar-refractivity contribution in [1.29, 1.82) is 0 Å². The third kappa shape index (κ3) is 5.41. The molecule has 2 rings (SSSR count). The molecule has 0 fully saturated rings. The van der Waals surface area contributed by atoms with Crippen LogP contribution in [0.25, 0.3) is 0 Å². The Balaban J connectivity index is 1.76. The Morgan fingerprint density at radius 1 is 1.04 bits per heavy atom. The van der Waals surface area contributed by atoms with Gasteiger partial charge in [-0.3, -0.25) is 10.1 Å². The zero-order chi connectivity index (χ0) is 16.7. The second-order valence-corrected chi connectivity index (χ2v) is 5.73. The molecule has 0 saturated heterocycles. The first-order chi connectivity index (χ1) is 11.1. The van der Waals surface area contributed by atoms with Crippen molar-refractivity contribution in [1.82, 2.24) is 10.6 Å². The molecule has 120 valence electrons. The lowest BCUT2D eigenvalue weighted by Gasteiger charge is -2.07. The summed E-state index contributed by atoms with van der Waals surface area (Å²) in [6.07, 6.45) is 0.671. The number of hydrogen-bond acceptors (Lipinski definition) is 3. The molecule has 0 atom stereocenters. The van der Waals surface area contributed by atoms with Crippen LogP contribution in [0.15, 0.2) is 53.0 Å². The number of carbonyl (C=O) groups excluding carboxylic acids is 2. The third-order valence-corrected chi connectivity index (χ3v) is 3.72. The number of amides is 3. The summed E-state index contributed by atoms with van der Waals surface area (Å²) in [6.45, 7) is 0.436. The van der Waals surface area contributed by atoms with Gasteiger partial charge in [-0.2, -0.15) is 0 Å². The number of carbonyl (C=O) groups is 2. The van der Waals surface area contributed by atoms with E-state index in [2.05, 4.69) is 26.6 Å². The van der Waals surface area contributed by atoms with Gasteiger partial charge < -0.3 is 10.1 Å². The van der Waals surface area contributed by atoms with E-state index in [1.165, 1.54) is 0 Å². The van der Waals surface area contributed by atoms with Crippen molar-refractivity contribution in [2.45, 2.75) is 6.42 Å². The minimum Gasteiger partial charge on any atom is -0.497 e. The number of rotatable bonds is 5. The van der Waals surface area contributed by atoms with Crippen LogP contribution in [0.2, 0.25) is 0 Å². The highest BCUT2D eigenvalue weighted by atomic mass is 79.9. The Morgan fingerprint density at radius 2 is 1.70 bits per heavy atom. The molecule has 0 aromatic heterocycles. The van der Waals surface area contributed by atoms with E-state index in [0.717, 1.165) is 15.8 Å². The summed E-state index contributed by atoms with van der Waals surface area (Å²) in [5.74, 6) is 0.360. The van der Waals surface area contributed by atoms with E-state index >= 15 is 0 Å². The Morgan fingerprint density at radius 3 is 2.30 bits per heavy atom. The summed E-state index contributed by atoms with van der Waals surface area (Å²) in [5.41, 5.74) is 1.50. The first-order valence-corrected chi connectivity index (χ1v) is 7.85. The van der Waals surface area contributed by atoms with Gasteiger partial charge in [0.2, 0.25) is 0 Å². The van der Waals surface area contributed by atoms with Crippen molar-refractivity contribution in [2.75, 3.05) is 13.7 Å². The second-order valence-electron chi connectivity index (χ2n) is 4.81. The van der Waals surface area contributed by atoms with E-state index in [1.54, 1.807) is 31.4 Å². The number of halogens is 1. The molecule has 0 aliphatic heterocycles. The Kier molecular flexibility index (Phi) is 6.17. The van der Waals surface area contributed by atoms with Crippen molar-refractivity contribution in [3.8, 4) is 5.75 Å². The summed E-state index contributed by atoms with van der Waals surface area (Å²) < 4.78 is 5.96. The molecule has 0 radical (unpaired) electrons. The molecule has 23 heavy (non-hydrogen) atoms. The molecule has 2 aromatic rings. The molecular weight excluding hydrogens is 360 g/mol. The average Bonchev–Trinajstić information content (AvgIpc) is 2.56. The number of urea groups is 1. The van der Waals surface area contributed by atoms with Crippen LogP contribution in [-0.2, 0) is 6.42 Å². The van der Waals surface area contributed by atoms with Crippen LogP contribution in [-0.4, -0.2) is 25.6 Å². The van der Waals surface area contributed by atoms with Crippen LogP contribution >= 0.6 is 15.9 Å². The minimum absolute atomic E-state index is 0.429. The molecule has 6 heteroatoms. The van der Waals surface area contributed by atoms with E-state index < -0.39 is 11.9 Å². The number of benzene rings is 2. The zero-order valence-corrected chi connectivity index (χ0v) is 14.2. The smallest absolute Gasteiger partial charge is 0.321 e. The SMILES string of the molecule is COc1ccc(CCNC(=O)NC(=O)c2ccc(Br)cc2)cc1. The fourth-order valence-corrected chi connectivity index (χ4v) is 2.20. The number of imide groups is 1. The van der Waals surface area contributed by atoms with Crippen LogP contribution in [0.5, 0.6) is 5.75 Å². The standard InChI is InChI=1S/C17H17BrN2O3/c1-23-15-8-2-12(3-9-15)10-11-19-17(22)20-16(21)13-4-6-14(18)7-5-13/h2-9H,10-11H2,1H3,(H2,19,20,21,22). The van der Waals surface area contributed by atoms with Crippen molar-refractivity contribution >= 4 is 27.9 Å². The summed E-state index contributed by atoms with van der Waals surface area (Å²) >= 11 is 3.29. The predicted octanol–water partition coefficient (Wildman–Crippen LogP) is 3.14. The van der Waals surface area contributed by atoms with Crippen LogP contribution < -0.4 is 15.4 Å². The van der Waals surface area contributed by atoms with Crippen molar-refractivity contribution in [2.24, 2.45) is 0 Å². The van der Waals surface area contributed by atoms with Crippen LogP contribution in [0, 0.1) is 0 Å². The fourth-order valence-electron chi connectivity index (χ4n) is 1.93. The Bertz CT molecular complexity index is 669. The highest BCUT2D eigenvalue weighted by Crippen LogP contribution is 2.11. The molecule has 5 nitrogen and oxygen atoms in total. The monoisotopic (exact) mass is 376 g/mol. The van der Waals surface area contributed by atoms with E-state index in [0.29, 0.717) is 18.5 Å². The molecular formula is C17H17BrN2O3. The molecule has 0 saturated carbocycles. The highest BCUT2D eigenvalue weighted by molar-refractivity contribution is 9.10. The van der Waals surface area contributed by atoms with Gasteiger partial charge in [-0.15, -0.1) is 0 Å². The number of ether oxygens (including phenoxy) is 1. The fraction of sp³-hybridized carbons (Fsp3) is 0.176. The van der Waals surface area contributed by atoms with Crippen LogP contribution in [0.1, 0.15) is 15.9 Å². The molecule has 0 aliphatic rings. The summed E-state index contributed by atoms with van der Waals surface area (Å²) in [4.78, 5) is 23.6. The topological polar surface area (TPSA) is 67.4 Å². The average molecular weight is 377 g/mol. The normalized spacial score (nSPS) is 10.0. The van der Waals surface area contributed by atoms with Crippen molar-refractivity contribution in [3.05, 3.63) is 64.1 Å². The maximum atomic E-state index is 11.9. The molecule has 0 bridgehead atoms. The lowest BCUT2D eigenvalue weighted by atomic mass is 10.1. The first-order valence-electron chi connectivity index (χ1n) is 7.06. The Labute approximate surface area is 143 Å². The van der Waals surface area contributed by atoms with Crippen molar-refractivity contribution < 1.29 is 14.3 Å². The van der Waals surface area contributed by atoms with Gasteiger partial charge in [-0.25, -0.2) is 4.79 Å².